The molecule has 4 rings (SSSR count). The summed E-state index contributed by atoms with van der Waals surface area (Å²) in [5, 5.41) is 11.6. The highest BCUT2D eigenvalue weighted by molar-refractivity contribution is 7.80. The van der Waals surface area contributed by atoms with Gasteiger partial charge in [0, 0.05) is 34.1 Å². The molecular weight excluding hydrogens is 495 g/mol. The van der Waals surface area contributed by atoms with Crippen molar-refractivity contribution in [3.05, 3.63) is 99.3 Å². The lowest BCUT2D eigenvalue weighted by Crippen LogP contribution is -2.20. The molecule has 2 aromatic heterocycles. The number of halogens is 2. The number of hydrogen-bond acceptors (Lipinski definition) is 5. The number of hydrogen-bond donors (Lipinski definition) is 2. The molecule has 4 aromatic rings. The van der Waals surface area contributed by atoms with Gasteiger partial charge in [0.2, 0.25) is 0 Å². The second-order valence-electron chi connectivity index (χ2n) is 7.29. The summed E-state index contributed by atoms with van der Waals surface area (Å²) in [5.74, 6) is -0.383. The number of rotatable bonds is 7. The predicted octanol–water partition coefficient (Wildman–Crippen LogP) is 5.97. The molecule has 2 aromatic carbocycles. The molecule has 10 heteroatoms. The van der Waals surface area contributed by atoms with Crippen molar-refractivity contribution in [3.8, 4) is 0 Å². The number of thiocarbonyl (C=S) groups is 1. The average molecular weight is 515 g/mol. The number of methoxy groups -OCH3 is 1. The molecule has 0 radical (unpaired) electrons. The minimum atomic E-state index is -0.452. The maximum atomic E-state index is 14.1. The first-order valence-corrected chi connectivity index (χ1v) is 11.8. The number of ether oxygens (including phenoxy) is 1. The van der Waals surface area contributed by atoms with Gasteiger partial charge in [-0.25, -0.2) is 9.18 Å². The fourth-order valence-electron chi connectivity index (χ4n) is 3.29. The van der Waals surface area contributed by atoms with Crippen LogP contribution in [-0.4, -0.2) is 28.0 Å². The van der Waals surface area contributed by atoms with Gasteiger partial charge >= 0.3 is 5.97 Å². The van der Waals surface area contributed by atoms with Crippen LogP contribution in [-0.2, 0) is 17.7 Å². The number of benzene rings is 2. The molecule has 2 heterocycles. The minimum Gasteiger partial charge on any atom is -0.465 e. The maximum Gasteiger partial charge on any atom is 0.340 e. The smallest absolute Gasteiger partial charge is 0.340 e. The standard InChI is InChI=1S/C24H20ClFN4O2S2/c1-32-23(31)17-13-16(12-15-6-3-2-4-7-15)34-22(17)28-24(33)27-21-10-11-30(29-21)14-18-19(25)8-5-9-20(18)26/h2-11,13H,12,14H2,1H3,(H2,27,28,29,33). The molecule has 0 amide bonds. The molecule has 0 saturated heterocycles. The van der Waals surface area contributed by atoms with E-state index in [1.165, 1.54) is 24.5 Å². The Hall–Kier alpha value is -3.27. The zero-order chi connectivity index (χ0) is 24.1. The molecule has 0 aliphatic rings. The Morgan fingerprint density at radius 3 is 2.71 bits per heavy atom. The van der Waals surface area contributed by atoms with Crippen LogP contribution >= 0.6 is 35.2 Å². The lowest BCUT2D eigenvalue weighted by atomic mass is 10.1. The number of esters is 1. The van der Waals surface area contributed by atoms with Crippen LogP contribution in [0.1, 0.15) is 26.4 Å². The van der Waals surface area contributed by atoms with E-state index in [2.05, 4.69) is 15.7 Å². The highest BCUT2D eigenvalue weighted by Gasteiger charge is 2.18. The highest BCUT2D eigenvalue weighted by Crippen LogP contribution is 2.31. The summed E-state index contributed by atoms with van der Waals surface area (Å²) >= 11 is 12.9. The Morgan fingerprint density at radius 2 is 1.97 bits per heavy atom. The van der Waals surface area contributed by atoms with E-state index in [1.807, 2.05) is 30.3 Å². The molecule has 0 atom stereocenters. The first-order valence-electron chi connectivity index (χ1n) is 10.2. The van der Waals surface area contributed by atoms with Gasteiger partial charge in [-0.3, -0.25) is 4.68 Å². The molecule has 0 aliphatic carbocycles. The Balaban J connectivity index is 1.45. The summed E-state index contributed by atoms with van der Waals surface area (Å²) < 4.78 is 20.5. The number of nitrogens with zero attached hydrogens (tertiary/aromatic N) is 2. The molecule has 2 N–H and O–H groups in total. The van der Waals surface area contributed by atoms with Gasteiger partial charge < -0.3 is 15.4 Å². The highest BCUT2D eigenvalue weighted by atomic mass is 35.5. The summed E-state index contributed by atoms with van der Waals surface area (Å²) in [4.78, 5) is 13.3. The van der Waals surface area contributed by atoms with E-state index >= 15 is 0 Å². The van der Waals surface area contributed by atoms with Crippen molar-refractivity contribution in [1.82, 2.24) is 9.78 Å². The number of nitrogens with one attached hydrogen (secondary N) is 2. The van der Waals surface area contributed by atoms with Gasteiger partial charge in [-0.2, -0.15) is 5.10 Å². The van der Waals surface area contributed by atoms with E-state index in [9.17, 15) is 9.18 Å². The molecule has 0 aliphatic heterocycles. The normalized spacial score (nSPS) is 10.7. The Morgan fingerprint density at radius 1 is 1.18 bits per heavy atom. The molecule has 174 valence electrons. The largest absolute Gasteiger partial charge is 0.465 e. The van der Waals surface area contributed by atoms with Gasteiger partial charge in [-0.05, 0) is 36.0 Å². The lowest BCUT2D eigenvalue weighted by Gasteiger charge is -2.09. The molecule has 6 nitrogen and oxygen atoms in total. The van der Waals surface area contributed by atoms with Crippen LogP contribution in [0.2, 0.25) is 5.02 Å². The fourth-order valence-corrected chi connectivity index (χ4v) is 4.87. The van der Waals surface area contributed by atoms with Gasteiger partial charge in [0.25, 0.3) is 0 Å². The van der Waals surface area contributed by atoms with Gasteiger partial charge in [0.05, 0.1) is 19.2 Å². The summed E-state index contributed by atoms with van der Waals surface area (Å²) in [6.45, 7) is 0.174. The van der Waals surface area contributed by atoms with Crippen LogP contribution in [0.15, 0.2) is 66.9 Å². The monoisotopic (exact) mass is 514 g/mol. The molecule has 0 bridgehead atoms. The van der Waals surface area contributed by atoms with Crippen LogP contribution in [0, 0.1) is 5.82 Å². The van der Waals surface area contributed by atoms with Crippen molar-refractivity contribution in [1.29, 1.82) is 0 Å². The molecule has 34 heavy (non-hydrogen) atoms. The van der Waals surface area contributed by atoms with E-state index in [1.54, 1.807) is 35.1 Å². The van der Waals surface area contributed by atoms with Crippen molar-refractivity contribution >= 4 is 57.1 Å². The quantitative estimate of drug-likeness (QED) is 0.234. The van der Waals surface area contributed by atoms with Crippen molar-refractivity contribution < 1.29 is 13.9 Å². The second kappa shape index (κ2) is 10.8. The second-order valence-corrected chi connectivity index (χ2v) is 9.24. The van der Waals surface area contributed by atoms with E-state index < -0.39 is 11.8 Å². The van der Waals surface area contributed by atoms with Crippen LogP contribution < -0.4 is 10.6 Å². The van der Waals surface area contributed by atoms with Crippen LogP contribution in [0.25, 0.3) is 0 Å². The Bertz CT molecular complexity index is 1300. The summed E-state index contributed by atoms with van der Waals surface area (Å²) in [6.07, 6.45) is 2.37. The van der Waals surface area contributed by atoms with Crippen molar-refractivity contribution in [2.45, 2.75) is 13.0 Å². The number of thiophene rings is 1. The van der Waals surface area contributed by atoms with Crippen LogP contribution in [0.5, 0.6) is 0 Å². The molecule has 0 fully saturated rings. The molecule has 0 saturated carbocycles. The van der Waals surface area contributed by atoms with Gasteiger partial charge in [-0.1, -0.05) is 48.0 Å². The number of aromatic nitrogens is 2. The third kappa shape index (κ3) is 5.80. The van der Waals surface area contributed by atoms with Crippen LogP contribution in [0.3, 0.4) is 0 Å². The summed E-state index contributed by atoms with van der Waals surface area (Å²) in [7, 11) is 1.34. The number of anilines is 2. The fraction of sp³-hybridized carbons (Fsp3) is 0.125. The van der Waals surface area contributed by atoms with Crippen molar-refractivity contribution in [3.63, 3.8) is 0 Å². The summed E-state index contributed by atoms with van der Waals surface area (Å²) in [6, 6.07) is 18.0. The Labute approximate surface area is 210 Å². The zero-order valence-corrected chi connectivity index (χ0v) is 20.4. The third-order valence-electron chi connectivity index (χ3n) is 4.90. The lowest BCUT2D eigenvalue weighted by molar-refractivity contribution is 0.0602. The number of carbonyl (C=O) groups is 1. The first-order chi connectivity index (χ1) is 16.4. The molecule has 0 unspecified atom stereocenters. The van der Waals surface area contributed by atoms with Crippen molar-refractivity contribution in [2.24, 2.45) is 0 Å². The predicted molar refractivity (Wildman–Crippen MR) is 137 cm³/mol. The van der Waals surface area contributed by atoms with E-state index in [0.29, 0.717) is 33.4 Å². The maximum absolute atomic E-state index is 14.1. The molecule has 0 spiro atoms. The van der Waals surface area contributed by atoms with Crippen molar-refractivity contribution in [2.75, 3.05) is 17.7 Å². The van der Waals surface area contributed by atoms with E-state index in [4.69, 9.17) is 28.6 Å². The average Bonchev–Trinajstić information content (AvgIpc) is 3.43. The Kier molecular flexibility index (Phi) is 7.56. The third-order valence-corrected chi connectivity index (χ3v) is 6.51. The zero-order valence-electron chi connectivity index (χ0n) is 18.0. The SMILES string of the molecule is COC(=O)c1cc(Cc2ccccc2)sc1NC(=S)Nc1ccn(Cc2c(F)cccc2Cl)n1. The van der Waals surface area contributed by atoms with E-state index in [0.717, 1.165) is 10.4 Å². The summed E-state index contributed by atoms with van der Waals surface area (Å²) in [5.41, 5.74) is 1.89. The number of carbonyl (C=O) groups excluding carboxylic acids is 1. The van der Waals surface area contributed by atoms with Gasteiger partial charge in [0.15, 0.2) is 10.9 Å². The van der Waals surface area contributed by atoms with E-state index in [-0.39, 0.29) is 11.7 Å². The molecular formula is C24H20ClFN4O2S2. The minimum absolute atomic E-state index is 0.174. The van der Waals surface area contributed by atoms with Gasteiger partial charge in [-0.15, -0.1) is 11.3 Å². The van der Waals surface area contributed by atoms with Crippen LogP contribution in [0.4, 0.5) is 15.2 Å². The first kappa shape index (κ1) is 23.9. The van der Waals surface area contributed by atoms with Gasteiger partial charge in [0.1, 0.15) is 10.8 Å². The topological polar surface area (TPSA) is 68.2 Å².